The van der Waals surface area contributed by atoms with Gasteiger partial charge in [-0.3, -0.25) is 4.79 Å². The Morgan fingerprint density at radius 3 is 2.17 bits per heavy atom. The van der Waals surface area contributed by atoms with Gasteiger partial charge in [0.15, 0.2) is 0 Å². The number of carbonyl (C=O) groups is 2. The summed E-state index contributed by atoms with van der Waals surface area (Å²) in [7, 11) is 0. The molecule has 0 radical (unpaired) electrons. The van der Waals surface area contributed by atoms with E-state index in [4.69, 9.17) is 5.11 Å². The molecular weight excluding hydrogens is 304 g/mol. The van der Waals surface area contributed by atoms with Crippen LogP contribution >= 0.6 is 0 Å². The molecule has 0 unspecified atom stereocenters. The number of allylic oxidation sites excluding steroid dienone is 1. The summed E-state index contributed by atoms with van der Waals surface area (Å²) in [6.45, 7) is 14.7. The summed E-state index contributed by atoms with van der Waals surface area (Å²) in [6, 6.07) is 6.37. The fraction of sp³-hybridized carbons (Fsp3) is 0.474. The molecule has 1 amide bonds. The molecule has 1 heterocycles. The lowest BCUT2D eigenvalue weighted by Crippen LogP contribution is -2.51. The third-order valence-electron chi connectivity index (χ3n) is 4.39. The van der Waals surface area contributed by atoms with Gasteiger partial charge in [0.25, 0.3) is 0 Å². The van der Waals surface area contributed by atoms with Gasteiger partial charge in [0.1, 0.15) is 0 Å². The zero-order valence-corrected chi connectivity index (χ0v) is 14.9. The van der Waals surface area contributed by atoms with Gasteiger partial charge in [-0.2, -0.15) is 0 Å². The smallest absolute Gasteiger partial charge is 0.394 e. The van der Waals surface area contributed by atoms with Crippen molar-refractivity contribution in [3.63, 3.8) is 0 Å². The molecule has 0 saturated carbocycles. The minimum absolute atomic E-state index is 0.0190. The molecule has 1 fully saturated rings. The highest BCUT2D eigenvalue weighted by Gasteiger charge is 2.28. The van der Waals surface area contributed by atoms with Gasteiger partial charge in [0, 0.05) is 31.9 Å². The van der Waals surface area contributed by atoms with Crippen LogP contribution in [-0.4, -0.2) is 48.1 Å². The molecule has 1 aromatic carbocycles. The molecule has 0 aliphatic carbocycles. The molecule has 0 atom stereocenters. The Kier molecular flexibility index (Phi) is 5.02. The van der Waals surface area contributed by atoms with Crippen LogP contribution in [0.4, 0.5) is 5.69 Å². The lowest BCUT2D eigenvalue weighted by molar-refractivity contribution is -0.156. The van der Waals surface area contributed by atoms with Crippen molar-refractivity contribution in [2.24, 2.45) is 0 Å². The number of amides is 1. The van der Waals surface area contributed by atoms with Crippen molar-refractivity contribution in [2.75, 3.05) is 31.1 Å². The van der Waals surface area contributed by atoms with Gasteiger partial charge in [0.05, 0.1) is 0 Å². The monoisotopic (exact) mass is 330 g/mol. The number of benzene rings is 1. The van der Waals surface area contributed by atoms with E-state index in [1.54, 1.807) is 0 Å². The molecular formula is C19H26N2O3. The van der Waals surface area contributed by atoms with Crippen LogP contribution in [0.5, 0.6) is 0 Å². The number of hydrogen-bond donors (Lipinski definition) is 1. The van der Waals surface area contributed by atoms with Crippen LogP contribution in [0, 0.1) is 0 Å². The van der Waals surface area contributed by atoms with Crippen molar-refractivity contribution in [1.29, 1.82) is 0 Å². The molecule has 130 valence electrons. The van der Waals surface area contributed by atoms with E-state index >= 15 is 0 Å². The molecule has 5 nitrogen and oxygen atoms in total. The van der Waals surface area contributed by atoms with Gasteiger partial charge in [-0.25, -0.2) is 4.79 Å². The summed E-state index contributed by atoms with van der Waals surface area (Å²) in [4.78, 5) is 26.0. The van der Waals surface area contributed by atoms with Crippen LogP contribution < -0.4 is 4.90 Å². The predicted octanol–water partition coefficient (Wildman–Crippen LogP) is 2.75. The van der Waals surface area contributed by atoms with E-state index in [1.807, 2.05) is 6.92 Å². The van der Waals surface area contributed by atoms with Crippen molar-refractivity contribution >= 4 is 23.1 Å². The first kappa shape index (κ1) is 18.0. The number of anilines is 1. The summed E-state index contributed by atoms with van der Waals surface area (Å²) >= 11 is 0. The molecule has 1 aromatic rings. The maximum absolute atomic E-state index is 11.6. The average molecular weight is 330 g/mol. The molecule has 0 spiro atoms. The van der Waals surface area contributed by atoms with Crippen LogP contribution in [0.25, 0.3) is 5.57 Å². The van der Waals surface area contributed by atoms with Crippen molar-refractivity contribution in [2.45, 2.75) is 33.1 Å². The largest absolute Gasteiger partial charge is 0.474 e. The molecule has 0 bridgehead atoms. The molecule has 24 heavy (non-hydrogen) atoms. The van der Waals surface area contributed by atoms with E-state index in [1.165, 1.54) is 10.5 Å². The van der Waals surface area contributed by atoms with Crippen LogP contribution in [-0.2, 0) is 15.0 Å². The number of carbonyl (C=O) groups excluding carboxylic acids is 1. The number of carboxylic acids is 1. The van der Waals surface area contributed by atoms with Gasteiger partial charge >= 0.3 is 11.9 Å². The van der Waals surface area contributed by atoms with Crippen LogP contribution in [0.15, 0.2) is 24.8 Å². The number of piperazine rings is 1. The third-order valence-corrected chi connectivity index (χ3v) is 4.39. The van der Waals surface area contributed by atoms with Crippen molar-refractivity contribution < 1.29 is 14.7 Å². The van der Waals surface area contributed by atoms with Crippen LogP contribution in [0.3, 0.4) is 0 Å². The summed E-state index contributed by atoms with van der Waals surface area (Å²) in [5, 5.41) is 8.84. The number of rotatable bonds is 2. The molecule has 0 aromatic heterocycles. The van der Waals surface area contributed by atoms with Crippen LogP contribution in [0.2, 0.25) is 0 Å². The Hall–Kier alpha value is -2.30. The van der Waals surface area contributed by atoms with E-state index in [0.717, 1.165) is 16.8 Å². The van der Waals surface area contributed by atoms with Gasteiger partial charge in [-0.05, 0) is 35.6 Å². The third kappa shape index (κ3) is 3.78. The first-order chi connectivity index (χ1) is 11.1. The second-order valence-corrected chi connectivity index (χ2v) is 7.35. The fourth-order valence-electron chi connectivity index (χ4n) is 2.96. The lowest BCUT2D eigenvalue weighted by Gasteiger charge is -2.38. The Morgan fingerprint density at radius 2 is 1.71 bits per heavy atom. The minimum atomic E-state index is -1.38. The molecule has 1 aliphatic rings. The van der Waals surface area contributed by atoms with Gasteiger partial charge in [0.2, 0.25) is 0 Å². The second kappa shape index (κ2) is 6.67. The summed E-state index contributed by atoms with van der Waals surface area (Å²) in [5.74, 6) is -2.20. The summed E-state index contributed by atoms with van der Waals surface area (Å²) in [5.41, 5.74) is 4.53. The topological polar surface area (TPSA) is 60.9 Å². The first-order valence-electron chi connectivity index (χ1n) is 8.19. The first-order valence-corrected chi connectivity index (χ1v) is 8.19. The Balaban J connectivity index is 2.25. The van der Waals surface area contributed by atoms with Gasteiger partial charge in [-0.15, -0.1) is 0 Å². The molecule has 1 saturated heterocycles. The van der Waals surface area contributed by atoms with Crippen LogP contribution in [0.1, 0.15) is 38.8 Å². The Labute approximate surface area is 143 Å². The summed E-state index contributed by atoms with van der Waals surface area (Å²) in [6.07, 6.45) is 0. The quantitative estimate of drug-likeness (QED) is 0.847. The van der Waals surface area contributed by atoms with Crippen molar-refractivity contribution in [3.05, 3.63) is 35.9 Å². The highest BCUT2D eigenvalue weighted by Crippen LogP contribution is 2.34. The van der Waals surface area contributed by atoms with E-state index < -0.39 is 11.9 Å². The number of carboxylic acid groups (broad SMARTS) is 1. The maximum Gasteiger partial charge on any atom is 0.394 e. The molecule has 1 N–H and O–H groups in total. The molecule has 5 heteroatoms. The Morgan fingerprint density at radius 1 is 1.12 bits per heavy atom. The number of nitrogens with zero attached hydrogens (tertiary/aromatic N) is 2. The van der Waals surface area contributed by atoms with E-state index in [-0.39, 0.29) is 5.41 Å². The highest BCUT2D eigenvalue weighted by molar-refractivity contribution is 6.31. The van der Waals surface area contributed by atoms with Crippen molar-refractivity contribution in [3.8, 4) is 0 Å². The van der Waals surface area contributed by atoms with Crippen molar-refractivity contribution in [1.82, 2.24) is 4.90 Å². The van der Waals surface area contributed by atoms with E-state index in [9.17, 15) is 9.59 Å². The maximum atomic E-state index is 11.6. The standard InChI is InChI=1S/C19H26N2O3/c1-13(2)14-6-7-16(15(12-14)19(3,4)5)20-8-10-21(11-9-20)17(22)18(23)24/h6-7,12H,1,8-11H2,2-5H3,(H,23,24). The SMILES string of the molecule is C=C(C)c1ccc(N2CCN(C(=O)C(=O)O)CC2)c(C(C)(C)C)c1. The average Bonchev–Trinajstić information content (AvgIpc) is 2.52. The highest BCUT2D eigenvalue weighted by atomic mass is 16.4. The van der Waals surface area contributed by atoms with E-state index in [0.29, 0.717) is 26.2 Å². The lowest BCUT2D eigenvalue weighted by atomic mass is 9.83. The summed E-state index contributed by atoms with van der Waals surface area (Å²) < 4.78 is 0. The second-order valence-electron chi connectivity index (χ2n) is 7.35. The minimum Gasteiger partial charge on any atom is -0.474 e. The van der Waals surface area contributed by atoms with Gasteiger partial charge in [-0.1, -0.05) is 39.0 Å². The zero-order valence-electron chi connectivity index (χ0n) is 14.9. The normalized spacial score (nSPS) is 15.3. The van der Waals surface area contributed by atoms with E-state index in [2.05, 4.69) is 50.4 Å². The molecule has 1 aliphatic heterocycles. The zero-order chi connectivity index (χ0) is 18.1. The fourth-order valence-corrected chi connectivity index (χ4v) is 2.96. The number of aliphatic carboxylic acids is 1. The predicted molar refractivity (Wildman–Crippen MR) is 96.3 cm³/mol. The Bertz CT molecular complexity index is 666. The molecule has 2 rings (SSSR count). The number of hydrogen-bond acceptors (Lipinski definition) is 3. The van der Waals surface area contributed by atoms with Gasteiger partial charge < -0.3 is 14.9 Å².